The molecule has 43 heavy (non-hydrogen) atoms. The molecule has 0 bridgehead atoms. The number of piperidine rings is 2. The van der Waals surface area contributed by atoms with E-state index in [0.717, 1.165) is 92.7 Å². The van der Waals surface area contributed by atoms with Crippen LogP contribution in [0.25, 0.3) is 10.9 Å². The van der Waals surface area contributed by atoms with Crippen molar-refractivity contribution in [2.75, 3.05) is 31.1 Å². The Morgan fingerprint density at radius 3 is 2.65 bits per heavy atom. The van der Waals surface area contributed by atoms with E-state index in [9.17, 15) is 4.79 Å². The van der Waals surface area contributed by atoms with Gasteiger partial charge >= 0.3 is 0 Å². The first-order valence-electron chi connectivity index (χ1n) is 15.8. The molecule has 3 fully saturated rings. The first-order valence-corrected chi connectivity index (χ1v) is 15.8. The van der Waals surface area contributed by atoms with Gasteiger partial charge in [-0.2, -0.15) is 0 Å². The van der Waals surface area contributed by atoms with E-state index in [1.54, 1.807) is 6.20 Å². The predicted octanol–water partition coefficient (Wildman–Crippen LogP) is 6.36. The van der Waals surface area contributed by atoms with Gasteiger partial charge in [0.25, 0.3) is 0 Å². The highest BCUT2D eigenvalue weighted by atomic mass is 19.1. The normalized spacial score (nSPS) is 19.7. The van der Waals surface area contributed by atoms with Crippen molar-refractivity contribution < 1.29 is 4.39 Å². The number of fused-ring (bicyclic) bond motifs is 1. The van der Waals surface area contributed by atoms with Crippen LogP contribution in [0.4, 0.5) is 10.1 Å². The number of pyridine rings is 2. The summed E-state index contributed by atoms with van der Waals surface area (Å²) in [5, 5.41) is 0.488. The second-order valence-corrected chi connectivity index (χ2v) is 12.4. The third-order valence-electron chi connectivity index (χ3n) is 9.24. The number of hydrogen-bond acceptors (Lipinski definition) is 6. The molecule has 2 aromatic heterocycles. The number of benzene rings is 1. The molecule has 2 aliphatic heterocycles. The summed E-state index contributed by atoms with van der Waals surface area (Å²) in [7, 11) is 0. The summed E-state index contributed by atoms with van der Waals surface area (Å²) in [6.07, 6.45) is 15.1. The van der Waals surface area contributed by atoms with Crippen molar-refractivity contribution in [2.45, 2.75) is 77.0 Å². The molecule has 6 rings (SSSR count). The molecule has 1 unspecified atom stereocenters. The Hall–Kier alpha value is -3.78. The van der Waals surface area contributed by atoms with Gasteiger partial charge in [-0.25, -0.2) is 4.39 Å². The molecule has 226 valence electrons. The number of allylic oxidation sites excluding steroid dienone is 1. The van der Waals surface area contributed by atoms with Gasteiger partial charge in [-0.15, -0.1) is 0 Å². The fraction of sp³-hybridized carbons (Fsp3) is 0.457. The zero-order valence-corrected chi connectivity index (χ0v) is 25.3. The molecule has 3 aromatic rings. The van der Waals surface area contributed by atoms with Crippen molar-refractivity contribution in [3.63, 3.8) is 0 Å². The zero-order valence-electron chi connectivity index (χ0n) is 25.3. The zero-order chi connectivity index (χ0) is 29.9. The van der Waals surface area contributed by atoms with Crippen LogP contribution >= 0.6 is 0 Å². The van der Waals surface area contributed by atoms with Crippen molar-refractivity contribution in [1.29, 1.82) is 0 Å². The predicted molar refractivity (Wildman–Crippen MR) is 173 cm³/mol. The van der Waals surface area contributed by atoms with Gasteiger partial charge in [-0.3, -0.25) is 19.7 Å². The summed E-state index contributed by atoms with van der Waals surface area (Å²) in [4.78, 5) is 29.4. The van der Waals surface area contributed by atoms with Crippen molar-refractivity contribution in [3.05, 3.63) is 94.1 Å². The maximum atomic E-state index is 15.6. The molecule has 1 saturated carbocycles. The summed E-state index contributed by atoms with van der Waals surface area (Å²) < 4.78 is 17.9. The molecule has 1 aliphatic carbocycles. The standard InChI is InChI=1S/C35H43FN6O/c1-4-28(20-37-3)40-16-8-9-30(24-40)41(21-26-12-13-38-25(2)17-26)22-27-23-42(29-10-11-29)33-19-34(39-14-6-5-7-15-39)32(36)18-31(33)35(27)43/h4,12-13,17-20,23,29-30H,1,3,5-11,14-16,21-22,24H2,2H3/b28-20+. The fourth-order valence-corrected chi connectivity index (χ4v) is 6.87. The maximum absolute atomic E-state index is 15.6. The van der Waals surface area contributed by atoms with Crippen LogP contribution in [0.2, 0.25) is 0 Å². The van der Waals surface area contributed by atoms with Crippen LogP contribution in [0.3, 0.4) is 0 Å². The first kappa shape index (κ1) is 29.3. The summed E-state index contributed by atoms with van der Waals surface area (Å²) in [6, 6.07) is 8.18. The van der Waals surface area contributed by atoms with Crippen molar-refractivity contribution >= 4 is 23.3 Å². The molecule has 8 heteroatoms. The van der Waals surface area contributed by atoms with E-state index < -0.39 is 0 Å². The largest absolute Gasteiger partial charge is 0.369 e. The average Bonchev–Trinajstić information content (AvgIpc) is 3.87. The first-order chi connectivity index (χ1) is 20.9. The fourth-order valence-electron chi connectivity index (χ4n) is 6.87. The Morgan fingerprint density at radius 2 is 1.93 bits per heavy atom. The third-order valence-corrected chi connectivity index (χ3v) is 9.24. The molecule has 4 heterocycles. The topological polar surface area (TPSA) is 57.0 Å². The van der Waals surface area contributed by atoms with Gasteiger partial charge in [-0.05, 0) is 94.5 Å². The Morgan fingerprint density at radius 1 is 1.12 bits per heavy atom. The number of halogens is 1. The Bertz CT molecular complexity index is 1590. The number of likely N-dealkylation sites (tertiary alicyclic amines) is 1. The van der Waals surface area contributed by atoms with Crippen LogP contribution in [-0.4, -0.2) is 58.3 Å². The van der Waals surface area contributed by atoms with Gasteiger partial charge in [-0.1, -0.05) is 6.58 Å². The highest BCUT2D eigenvalue weighted by Crippen LogP contribution is 2.38. The second kappa shape index (κ2) is 12.8. The molecular formula is C35H43FN6O. The molecule has 7 nitrogen and oxygen atoms in total. The van der Waals surface area contributed by atoms with E-state index in [2.05, 4.69) is 60.9 Å². The number of aryl methyl sites for hydroxylation is 1. The van der Waals surface area contributed by atoms with Gasteiger partial charge in [0.15, 0.2) is 5.43 Å². The van der Waals surface area contributed by atoms with E-state index in [1.165, 1.54) is 12.5 Å². The average molecular weight is 583 g/mol. The summed E-state index contributed by atoms with van der Waals surface area (Å²) in [5.74, 6) is -0.294. The summed E-state index contributed by atoms with van der Waals surface area (Å²) >= 11 is 0. The number of rotatable bonds is 10. The minimum Gasteiger partial charge on any atom is -0.369 e. The molecule has 0 amide bonds. The van der Waals surface area contributed by atoms with E-state index in [4.69, 9.17) is 0 Å². The van der Waals surface area contributed by atoms with Crippen LogP contribution in [-0.2, 0) is 13.1 Å². The molecule has 0 radical (unpaired) electrons. The summed E-state index contributed by atoms with van der Waals surface area (Å²) in [5.41, 5.74) is 5.24. The van der Waals surface area contributed by atoms with Crippen LogP contribution in [0, 0.1) is 12.7 Å². The van der Waals surface area contributed by atoms with Crippen molar-refractivity contribution in [1.82, 2.24) is 19.4 Å². The van der Waals surface area contributed by atoms with Gasteiger partial charge in [0.1, 0.15) is 5.82 Å². The second-order valence-electron chi connectivity index (χ2n) is 12.4. The van der Waals surface area contributed by atoms with E-state index >= 15 is 4.39 Å². The SMILES string of the molecule is C=C/C(=C\N=C)N1CCCC(N(Cc2ccnc(C)c2)Cc2cn(C3CC3)c3cc(N4CCCCC4)c(F)cc3c2=O)C1. The number of aliphatic imine (C=N–C) groups is 1. The monoisotopic (exact) mass is 582 g/mol. The Labute approximate surface area is 254 Å². The van der Waals surface area contributed by atoms with Crippen LogP contribution < -0.4 is 10.3 Å². The van der Waals surface area contributed by atoms with E-state index in [1.807, 2.05) is 25.3 Å². The number of hydrogen-bond donors (Lipinski definition) is 0. The number of nitrogens with zero attached hydrogens (tertiary/aromatic N) is 6. The number of anilines is 1. The van der Waals surface area contributed by atoms with Crippen molar-refractivity contribution in [2.24, 2.45) is 4.99 Å². The third kappa shape index (κ3) is 6.44. The lowest BCUT2D eigenvalue weighted by molar-refractivity contribution is 0.104. The van der Waals surface area contributed by atoms with Crippen molar-refractivity contribution in [3.8, 4) is 0 Å². The van der Waals surface area contributed by atoms with Gasteiger partial charge in [0, 0.05) is 86.6 Å². The quantitative estimate of drug-likeness (QED) is 0.206. The van der Waals surface area contributed by atoms with Gasteiger partial charge in [0.05, 0.1) is 16.9 Å². The molecule has 1 aromatic carbocycles. The number of aromatic nitrogens is 2. The lowest BCUT2D eigenvalue weighted by Crippen LogP contribution is -2.47. The van der Waals surface area contributed by atoms with Crippen LogP contribution in [0.15, 0.2) is 71.0 Å². The molecule has 1 atom stereocenters. The lowest BCUT2D eigenvalue weighted by Gasteiger charge is -2.41. The molecule has 2 saturated heterocycles. The van der Waals surface area contributed by atoms with Gasteiger partial charge < -0.3 is 14.4 Å². The summed E-state index contributed by atoms with van der Waals surface area (Å²) in [6.45, 7) is 14.3. The minimum atomic E-state index is -0.294. The molecular weight excluding hydrogens is 539 g/mol. The highest BCUT2D eigenvalue weighted by molar-refractivity contribution is 5.84. The van der Waals surface area contributed by atoms with E-state index in [0.29, 0.717) is 30.2 Å². The Balaban J connectivity index is 1.38. The molecule has 0 N–H and O–H groups in total. The smallest absolute Gasteiger partial charge is 0.193 e. The molecule has 3 aliphatic rings. The van der Waals surface area contributed by atoms with E-state index in [-0.39, 0.29) is 17.3 Å². The molecule has 0 spiro atoms. The Kier molecular flexibility index (Phi) is 8.75. The highest BCUT2D eigenvalue weighted by Gasteiger charge is 2.30. The van der Waals surface area contributed by atoms with Crippen LogP contribution in [0.5, 0.6) is 0 Å². The van der Waals surface area contributed by atoms with Gasteiger partial charge in [0.2, 0.25) is 0 Å². The lowest BCUT2D eigenvalue weighted by atomic mass is 10.0. The minimum absolute atomic E-state index is 0.0675. The van der Waals surface area contributed by atoms with Crippen LogP contribution in [0.1, 0.15) is 67.8 Å². The maximum Gasteiger partial charge on any atom is 0.193 e.